The monoisotopic (exact) mass is 716 g/mol. The van der Waals surface area contributed by atoms with Crippen LogP contribution in [0.1, 0.15) is 109 Å². The number of aromatic nitrogens is 1. The molecule has 276 valence electrons. The average Bonchev–Trinajstić information content (AvgIpc) is 3.47. The summed E-state index contributed by atoms with van der Waals surface area (Å²) in [5.41, 5.74) is 1.72. The van der Waals surface area contributed by atoms with E-state index in [0.29, 0.717) is 12.4 Å². The summed E-state index contributed by atoms with van der Waals surface area (Å²) in [6.07, 6.45) is 7.43. The Morgan fingerprint density at radius 1 is 1.08 bits per heavy atom. The number of hydrogen-bond donors (Lipinski definition) is 4. The van der Waals surface area contributed by atoms with Gasteiger partial charge in [0.05, 0.1) is 28.8 Å². The fraction of sp³-hybridized carbons (Fsp3) is 0.649. The number of nitrogens with one attached hydrogen (secondary N) is 2. The third-order valence-corrected chi connectivity index (χ3v) is 10.4. The molecule has 1 unspecified atom stereocenters. The van der Waals surface area contributed by atoms with Crippen molar-refractivity contribution in [2.24, 2.45) is 5.41 Å². The van der Waals surface area contributed by atoms with Crippen LogP contribution in [-0.4, -0.2) is 80.8 Å². The van der Waals surface area contributed by atoms with Crippen LogP contribution in [0.25, 0.3) is 10.4 Å². The molecule has 4 N–H and O–H groups in total. The van der Waals surface area contributed by atoms with Gasteiger partial charge < -0.3 is 30.5 Å². The number of alkyl halides is 1. The van der Waals surface area contributed by atoms with Crippen LogP contribution in [0.3, 0.4) is 0 Å². The summed E-state index contributed by atoms with van der Waals surface area (Å²) in [6.45, 7) is 7.82. The van der Waals surface area contributed by atoms with E-state index < -0.39 is 53.0 Å². The lowest BCUT2D eigenvalue weighted by atomic mass is 9.85. The molecule has 50 heavy (non-hydrogen) atoms. The molecule has 0 spiro atoms. The van der Waals surface area contributed by atoms with E-state index in [2.05, 4.69) is 15.6 Å². The van der Waals surface area contributed by atoms with Crippen LogP contribution in [0.4, 0.5) is 4.39 Å². The number of likely N-dealkylation sites (tertiary alicyclic amines) is 1. The maximum absolute atomic E-state index is 14.5. The van der Waals surface area contributed by atoms with E-state index in [1.54, 1.807) is 26.3 Å². The Morgan fingerprint density at radius 3 is 2.34 bits per heavy atom. The average molecular weight is 717 g/mol. The predicted molar refractivity (Wildman–Crippen MR) is 189 cm³/mol. The number of benzene rings is 1. The molecule has 1 aliphatic carbocycles. The number of aryl methyl sites for hydroxylation is 1. The van der Waals surface area contributed by atoms with E-state index in [9.17, 15) is 28.7 Å². The molecule has 2 heterocycles. The Morgan fingerprint density at radius 2 is 1.74 bits per heavy atom. The van der Waals surface area contributed by atoms with E-state index in [-0.39, 0.29) is 38.8 Å². The number of carbonyl (C=O) groups excluding carboxylic acids is 3. The number of aliphatic carboxylic acids is 1. The third kappa shape index (κ3) is 11.0. The first kappa shape index (κ1) is 39.2. The number of carbonyl (C=O) groups is 4. The molecule has 2 fully saturated rings. The van der Waals surface area contributed by atoms with Gasteiger partial charge in [0.15, 0.2) is 5.67 Å². The smallest absolute Gasteiger partial charge is 0.303 e. The Labute approximate surface area is 298 Å². The second-order valence-electron chi connectivity index (χ2n) is 14.8. The summed E-state index contributed by atoms with van der Waals surface area (Å²) < 4.78 is 20.8. The van der Waals surface area contributed by atoms with Gasteiger partial charge in [-0.3, -0.25) is 19.2 Å². The second-order valence-corrected chi connectivity index (χ2v) is 15.6. The number of ether oxygens (including phenoxy) is 1. The minimum absolute atomic E-state index is 0.0463. The van der Waals surface area contributed by atoms with E-state index >= 15 is 0 Å². The molecule has 4 rings (SSSR count). The van der Waals surface area contributed by atoms with Crippen LogP contribution in [0.2, 0.25) is 0 Å². The molecular weight excluding hydrogens is 663 g/mol. The van der Waals surface area contributed by atoms with Crippen molar-refractivity contribution < 1.29 is 38.5 Å². The normalized spacial score (nSPS) is 18.8. The highest BCUT2D eigenvalue weighted by molar-refractivity contribution is 7.13. The number of amides is 3. The lowest BCUT2D eigenvalue weighted by molar-refractivity contribution is -0.145. The van der Waals surface area contributed by atoms with Crippen LogP contribution in [0.15, 0.2) is 23.7 Å². The molecule has 11 nitrogen and oxygen atoms in total. The number of hydrogen-bond acceptors (Lipinski definition) is 8. The zero-order chi connectivity index (χ0) is 36.5. The molecule has 0 bridgehead atoms. The number of carboxylic acids is 1. The van der Waals surface area contributed by atoms with Crippen LogP contribution in [0.5, 0.6) is 5.75 Å². The number of halogens is 1. The summed E-state index contributed by atoms with van der Waals surface area (Å²) >= 11 is 1.54. The number of aliphatic hydroxyl groups is 1. The zero-order valence-corrected chi connectivity index (χ0v) is 30.6. The minimum Gasteiger partial charge on any atom is -0.493 e. The molecule has 1 saturated carbocycles. The van der Waals surface area contributed by atoms with Crippen LogP contribution < -0.4 is 15.4 Å². The van der Waals surface area contributed by atoms with Gasteiger partial charge in [0.2, 0.25) is 11.8 Å². The van der Waals surface area contributed by atoms with Gasteiger partial charge >= 0.3 is 5.97 Å². The number of unbranched alkanes of at least 4 members (excludes halogenated alkanes) is 7. The quantitative estimate of drug-likeness (QED) is 0.135. The number of aliphatic hydroxyl groups excluding tert-OH is 1. The van der Waals surface area contributed by atoms with Gasteiger partial charge in [-0.1, -0.05) is 71.4 Å². The number of rotatable bonds is 19. The van der Waals surface area contributed by atoms with Gasteiger partial charge in [0.25, 0.3) is 5.91 Å². The van der Waals surface area contributed by atoms with Crippen LogP contribution in [0, 0.1) is 12.3 Å². The Bertz CT molecular complexity index is 1490. The van der Waals surface area contributed by atoms with Crippen molar-refractivity contribution >= 4 is 35.0 Å². The van der Waals surface area contributed by atoms with Crippen molar-refractivity contribution in [2.45, 2.75) is 135 Å². The standard InChI is InChI=1S/C37H53FN4O7S/c1-24-31(50-23-40-24)25-14-15-26(29(19-25)49-18-12-10-8-6-5-7-9-11-13-30(44)45)21-39-33(46)28-20-27(43)22-42(28)34(47)32(36(2,3)4)41-35(48)37(38)16-17-37/h14-15,19,23,27-28,32,43H,5-13,16-18,20-22H2,1-4H3,(H,39,46)(H,41,48)(H,44,45)/t27-,28+,32?/m1/s1. The first-order valence-corrected chi connectivity index (χ1v) is 18.7. The van der Waals surface area contributed by atoms with Crippen molar-refractivity contribution in [1.82, 2.24) is 20.5 Å². The molecule has 1 aliphatic heterocycles. The maximum Gasteiger partial charge on any atom is 0.303 e. The van der Waals surface area contributed by atoms with Crippen molar-refractivity contribution in [2.75, 3.05) is 13.2 Å². The number of nitrogens with zero attached hydrogens (tertiary/aromatic N) is 2. The molecule has 3 atom stereocenters. The van der Waals surface area contributed by atoms with Crippen LogP contribution in [-0.2, 0) is 25.7 Å². The first-order valence-electron chi connectivity index (χ1n) is 17.8. The molecule has 2 aromatic rings. The van der Waals surface area contributed by atoms with E-state index in [1.807, 2.05) is 25.1 Å². The van der Waals surface area contributed by atoms with E-state index in [1.165, 1.54) is 16.2 Å². The topological polar surface area (TPSA) is 158 Å². The number of carboxylic acid groups (broad SMARTS) is 1. The highest BCUT2D eigenvalue weighted by Crippen LogP contribution is 2.40. The molecule has 0 radical (unpaired) electrons. The summed E-state index contributed by atoms with van der Waals surface area (Å²) in [7, 11) is 0. The Balaban J connectivity index is 1.36. The molecule has 3 amide bonds. The summed E-state index contributed by atoms with van der Waals surface area (Å²) in [5, 5.41) is 24.8. The fourth-order valence-corrected chi connectivity index (χ4v) is 7.00. The van der Waals surface area contributed by atoms with Gasteiger partial charge in [-0.15, -0.1) is 11.3 Å². The molecule has 2 aliphatic rings. The van der Waals surface area contributed by atoms with E-state index in [0.717, 1.165) is 73.1 Å². The highest BCUT2D eigenvalue weighted by atomic mass is 32.1. The van der Waals surface area contributed by atoms with E-state index in [4.69, 9.17) is 9.84 Å². The summed E-state index contributed by atoms with van der Waals surface area (Å²) in [6, 6.07) is 3.81. The maximum atomic E-state index is 14.5. The second kappa shape index (κ2) is 17.6. The largest absolute Gasteiger partial charge is 0.493 e. The van der Waals surface area contributed by atoms with Crippen molar-refractivity contribution in [3.05, 3.63) is 35.0 Å². The molecule has 1 aromatic carbocycles. The molecule has 13 heteroatoms. The van der Waals surface area contributed by atoms with Crippen LogP contribution >= 0.6 is 11.3 Å². The lowest BCUT2D eigenvalue weighted by Crippen LogP contribution is -2.59. The Hall–Kier alpha value is -3.58. The molecule has 1 saturated heterocycles. The summed E-state index contributed by atoms with van der Waals surface area (Å²) in [4.78, 5) is 57.3. The lowest BCUT2D eigenvalue weighted by Gasteiger charge is -2.35. The number of thiazole rings is 1. The zero-order valence-electron chi connectivity index (χ0n) is 29.8. The predicted octanol–water partition coefficient (Wildman–Crippen LogP) is 5.70. The van der Waals surface area contributed by atoms with Crippen molar-refractivity contribution in [3.8, 4) is 16.2 Å². The summed E-state index contributed by atoms with van der Waals surface area (Å²) in [5.74, 6) is -1.88. The van der Waals surface area contributed by atoms with Crippen molar-refractivity contribution in [3.63, 3.8) is 0 Å². The third-order valence-electron chi connectivity index (χ3n) is 9.42. The fourth-order valence-electron chi connectivity index (χ4n) is 6.19. The highest BCUT2D eigenvalue weighted by Gasteiger charge is 2.53. The van der Waals surface area contributed by atoms with Gasteiger partial charge in [0.1, 0.15) is 17.8 Å². The molecular formula is C37H53FN4O7S. The van der Waals surface area contributed by atoms with Gasteiger partial charge in [-0.05, 0) is 49.7 Å². The first-order chi connectivity index (χ1) is 23.7. The Kier molecular flexibility index (Phi) is 13.8. The van der Waals surface area contributed by atoms with Crippen molar-refractivity contribution in [1.29, 1.82) is 0 Å². The van der Waals surface area contributed by atoms with Gasteiger partial charge in [-0.2, -0.15) is 0 Å². The SMILES string of the molecule is Cc1ncsc1-c1ccc(CNC(=O)[C@@H]2C[C@@H](O)CN2C(=O)C(NC(=O)C2(F)CC2)C(C)(C)C)c(OCCCCCCCCCCC(=O)O)c1. The molecule has 1 aromatic heterocycles. The van der Waals surface area contributed by atoms with Gasteiger partial charge in [0, 0.05) is 31.5 Å². The minimum atomic E-state index is -1.95. The van der Waals surface area contributed by atoms with Gasteiger partial charge in [-0.25, -0.2) is 9.37 Å². The number of β-amino-alcohol motifs (C(OH)–C–C–N with tert-alkyl or cyclic N) is 1.